The molecule has 1 atom stereocenters. The van der Waals surface area contributed by atoms with E-state index >= 15 is 0 Å². The van der Waals surface area contributed by atoms with Crippen molar-refractivity contribution in [3.8, 4) is 0 Å². The fraction of sp³-hybridized carbons (Fsp3) is 0.733. The molecule has 3 heteroatoms. The van der Waals surface area contributed by atoms with Crippen LogP contribution in [0.5, 0.6) is 0 Å². The topological polar surface area (TPSA) is 21.3 Å². The minimum absolute atomic E-state index is 0.0996. The van der Waals surface area contributed by atoms with E-state index in [-0.39, 0.29) is 11.7 Å². The summed E-state index contributed by atoms with van der Waals surface area (Å²) in [5.41, 5.74) is 0.604. The lowest BCUT2D eigenvalue weighted by Gasteiger charge is -2.47. The van der Waals surface area contributed by atoms with Crippen LogP contribution in [-0.2, 0) is 4.74 Å². The highest BCUT2D eigenvalue weighted by atomic mass is 32.1. The van der Waals surface area contributed by atoms with E-state index in [1.807, 2.05) is 11.3 Å². The number of hydrogen-bond acceptors (Lipinski definition) is 3. The van der Waals surface area contributed by atoms with Gasteiger partial charge in [0, 0.05) is 18.0 Å². The summed E-state index contributed by atoms with van der Waals surface area (Å²) in [6.45, 7) is 6.76. The summed E-state index contributed by atoms with van der Waals surface area (Å²) in [6.07, 6.45) is 5.24. The summed E-state index contributed by atoms with van der Waals surface area (Å²) in [5, 5.41) is 5.74. The molecular weight excluding hydrogens is 242 g/mol. The van der Waals surface area contributed by atoms with Crippen molar-refractivity contribution in [1.82, 2.24) is 5.32 Å². The van der Waals surface area contributed by atoms with Gasteiger partial charge in [0.05, 0.1) is 5.60 Å². The lowest BCUT2D eigenvalue weighted by atomic mass is 9.70. The van der Waals surface area contributed by atoms with Crippen molar-refractivity contribution in [3.05, 3.63) is 22.4 Å². The minimum Gasteiger partial charge on any atom is -0.364 e. The first-order valence-corrected chi connectivity index (χ1v) is 7.89. The normalized spacial score (nSPS) is 30.4. The molecule has 0 aromatic carbocycles. The lowest BCUT2D eigenvalue weighted by molar-refractivity contribution is -0.146. The SMILES string of the molecule is CC1(C)CCC2(CC1)CNCC(c1cccs1)O2. The van der Waals surface area contributed by atoms with E-state index in [1.165, 1.54) is 30.6 Å². The Labute approximate surface area is 114 Å². The second kappa shape index (κ2) is 4.62. The zero-order valence-electron chi connectivity index (χ0n) is 11.4. The predicted octanol–water partition coefficient (Wildman–Crippen LogP) is 3.75. The molecule has 1 aromatic rings. The molecule has 0 bridgehead atoms. The van der Waals surface area contributed by atoms with Crippen molar-refractivity contribution in [2.24, 2.45) is 5.41 Å². The Bertz CT molecular complexity index is 389. The van der Waals surface area contributed by atoms with Crippen LogP contribution >= 0.6 is 11.3 Å². The Morgan fingerprint density at radius 3 is 2.72 bits per heavy atom. The highest BCUT2D eigenvalue weighted by Gasteiger charge is 2.42. The Kier molecular flexibility index (Phi) is 3.25. The van der Waals surface area contributed by atoms with E-state index in [2.05, 4.69) is 36.7 Å². The monoisotopic (exact) mass is 265 g/mol. The van der Waals surface area contributed by atoms with Crippen molar-refractivity contribution in [1.29, 1.82) is 0 Å². The van der Waals surface area contributed by atoms with Gasteiger partial charge in [-0.1, -0.05) is 19.9 Å². The molecule has 2 heterocycles. The largest absolute Gasteiger partial charge is 0.364 e. The summed E-state index contributed by atoms with van der Waals surface area (Å²) < 4.78 is 6.50. The third-order valence-corrected chi connectivity index (χ3v) is 5.51. The number of morpholine rings is 1. The van der Waals surface area contributed by atoms with Gasteiger partial charge in [-0.15, -0.1) is 11.3 Å². The second-order valence-corrected chi connectivity index (χ2v) is 7.58. The van der Waals surface area contributed by atoms with Crippen molar-refractivity contribution in [3.63, 3.8) is 0 Å². The van der Waals surface area contributed by atoms with Crippen LogP contribution in [0, 0.1) is 5.41 Å². The van der Waals surface area contributed by atoms with Crippen LogP contribution in [0.4, 0.5) is 0 Å². The molecule has 1 unspecified atom stereocenters. The van der Waals surface area contributed by atoms with Gasteiger partial charge in [-0.25, -0.2) is 0 Å². The zero-order chi connectivity index (χ0) is 12.6. The van der Waals surface area contributed by atoms with E-state index < -0.39 is 0 Å². The second-order valence-electron chi connectivity index (χ2n) is 6.60. The van der Waals surface area contributed by atoms with Crippen LogP contribution in [0.2, 0.25) is 0 Å². The van der Waals surface area contributed by atoms with Crippen molar-refractivity contribution >= 4 is 11.3 Å². The summed E-state index contributed by atoms with van der Waals surface area (Å²) >= 11 is 1.81. The number of hydrogen-bond donors (Lipinski definition) is 1. The lowest BCUT2D eigenvalue weighted by Crippen LogP contribution is -2.53. The van der Waals surface area contributed by atoms with Crippen LogP contribution in [0.1, 0.15) is 50.5 Å². The van der Waals surface area contributed by atoms with Crippen molar-refractivity contribution in [2.45, 2.75) is 51.2 Å². The molecule has 1 saturated carbocycles. The number of thiophene rings is 1. The number of ether oxygens (including phenoxy) is 1. The number of rotatable bonds is 1. The van der Waals surface area contributed by atoms with Gasteiger partial charge in [0.15, 0.2) is 0 Å². The van der Waals surface area contributed by atoms with Gasteiger partial charge < -0.3 is 10.1 Å². The summed E-state index contributed by atoms with van der Waals surface area (Å²) in [6, 6.07) is 4.32. The highest BCUT2D eigenvalue weighted by Crippen LogP contribution is 2.45. The molecule has 18 heavy (non-hydrogen) atoms. The highest BCUT2D eigenvalue weighted by molar-refractivity contribution is 7.10. The molecule has 2 aliphatic rings. The first-order valence-electron chi connectivity index (χ1n) is 7.01. The Balaban J connectivity index is 1.71. The molecule has 2 nitrogen and oxygen atoms in total. The van der Waals surface area contributed by atoms with Gasteiger partial charge in [-0.05, 0) is 42.5 Å². The van der Waals surface area contributed by atoms with Crippen LogP contribution in [0.25, 0.3) is 0 Å². The maximum atomic E-state index is 6.50. The molecule has 0 radical (unpaired) electrons. The first-order chi connectivity index (χ1) is 8.59. The van der Waals surface area contributed by atoms with Crippen molar-refractivity contribution < 1.29 is 4.74 Å². The van der Waals surface area contributed by atoms with Gasteiger partial charge in [0.25, 0.3) is 0 Å². The standard InChI is InChI=1S/C15H23NOS/c1-14(2)5-7-15(8-6-14)11-16-10-12(17-15)13-4-3-9-18-13/h3-4,9,12,16H,5-8,10-11H2,1-2H3. The van der Waals surface area contributed by atoms with E-state index in [0.29, 0.717) is 5.41 Å². The van der Waals surface area contributed by atoms with Crippen LogP contribution in [-0.4, -0.2) is 18.7 Å². The molecule has 100 valence electrons. The molecule has 1 N–H and O–H groups in total. The van der Waals surface area contributed by atoms with Crippen LogP contribution < -0.4 is 5.32 Å². The molecule has 1 spiro atoms. The maximum absolute atomic E-state index is 6.50. The number of nitrogens with one attached hydrogen (secondary N) is 1. The maximum Gasteiger partial charge on any atom is 0.105 e. The van der Waals surface area contributed by atoms with Crippen molar-refractivity contribution in [2.75, 3.05) is 13.1 Å². The van der Waals surface area contributed by atoms with E-state index in [9.17, 15) is 0 Å². The molecular formula is C15H23NOS. The van der Waals surface area contributed by atoms with Gasteiger partial charge in [0.2, 0.25) is 0 Å². The fourth-order valence-corrected chi connectivity index (χ4v) is 3.88. The summed E-state index contributed by atoms with van der Waals surface area (Å²) in [4.78, 5) is 1.37. The summed E-state index contributed by atoms with van der Waals surface area (Å²) in [5.74, 6) is 0. The van der Waals surface area contributed by atoms with Gasteiger partial charge in [-0.2, -0.15) is 0 Å². The van der Waals surface area contributed by atoms with Crippen LogP contribution in [0.3, 0.4) is 0 Å². The average molecular weight is 265 g/mol. The fourth-order valence-electron chi connectivity index (χ4n) is 3.13. The molecule has 1 aromatic heterocycles. The zero-order valence-corrected chi connectivity index (χ0v) is 12.2. The van der Waals surface area contributed by atoms with Gasteiger partial charge in [0.1, 0.15) is 6.10 Å². The van der Waals surface area contributed by atoms with E-state index in [1.54, 1.807) is 0 Å². The van der Waals surface area contributed by atoms with Crippen LogP contribution in [0.15, 0.2) is 17.5 Å². The molecule has 3 rings (SSSR count). The Hall–Kier alpha value is -0.380. The third-order valence-electron chi connectivity index (χ3n) is 4.54. The summed E-state index contributed by atoms with van der Waals surface area (Å²) in [7, 11) is 0. The molecule has 1 saturated heterocycles. The van der Waals surface area contributed by atoms with Gasteiger partial charge in [-0.3, -0.25) is 0 Å². The third kappa shape index (κ3) is 2.49. The average Bonchev–Trinajstić information content (AvgIpc) is 2.88. The Morgan fingerprint density at radius 1 is 1.28 bits per heavy atom. The molecule has 0 amide bonds. The minimum atomic E-state index is 0.0996. The Morgan fingerprint density at radius 2 is 2.06 bits per heavy atom. The molecule has 2 fully saturated rings. The van der Waals surface area contributed by atoms with E-state index in [4.69, 9.17) is 4.74 Å². The van der Waals surface area contributed by atoms with E-state index in [0.717, 1.165) is 13.1 Å². The molecule has 1 aliphatic heterocycles. The quantitative estimate of drug-likeness (QED) is 0.835. The smallest absolute Gasteiger partial charge is 0.105 e. The first kappa shape index (κ1) is 12.6. The molecule has 1 aliphatic carbocycles. The predicted molar refractivity (Wildman–Crippen MR) is 76.0 cm³/mol. The van der Waals surface area contributed by atoms with Gasteiger partial charge >= 0.3 is 0 Å².